The lowest BCUT2D eigenvalue weighted by Gasteiger charge is -2.35. The van der Waals surface area contributed by atoms with E-state index in [9.17, 15) is 22.4 Å². The molecule has 0 bridgehead atoms. The van der Waals surface area contributed by atoms with Crippen LogP contribution in [0, 0.1) is 0 Å². The van der Waals surface area contributed by atoms with Crippen molar-refractivity contribution in [3.63, 3.8) is 0 Å². The Kier molecular flexibility index (Phi) is 5.36. The van der Waals surface area contributed by atoms with Gasteiger partial charge in [-0.25, -0.2) is 9.82 Å². The second kappa shape index (κ2) is 7.99. The molecule has 1 aromatic carbocycles. The predicted octanol–water partition coefficient (Wildman–Crippen LogP) is 2.58. The zero-order chi connectivity index (χ0) is 22.2. The number of halogens is 4. The molecule has 0 fully saturated rings. The zero-order valence-corrected chi connectivity index (χ0v) is 16.3. The molecule has 7 nitrogen and oxygen atoms in total. The van der Waals surface area contributed by atoms with Crippen LogP contribution in [-0.2, 0) is 4.79 Å². The molecule has 3 heterocycles. The van der Waals surface area contributed by atoms with Crippen LogP contribution in [0.15, 0.2) is 71.6 Å². The first kappa shape index (κ1) is 20.8. The van der Waals surface area contributed by atoms with Gasteiger partial charge in [0.25, 0.3) is 5.91 Å². The maximum atomic E-state index is 13.1. The van der Waals surface area contributed by atoms with Crippen LogP contribution in [0.5, 0.6) is 5.75 Å². The number of hydrogen-bond acceptors (Lipinski definition) is 6. The Labute approximate surface area is 175 Å². The van der Waals surface area contributed by atoms with Crippen LogP contribution in [0.2, 0.25) is 0 Å². The number of nitrogens with one attached hydrogen (secondary N) is 4. The van der Waals surface area contributed by atoms with E-state index < -0.39 is 24.5 Å². The molecule has 0 aliphatic carbocycles. The Morgan fingerprint density at radius 3 is 2.71 bits per heavy atom. The summed E-state index contributed by atoms with van der Waals surface area (Å²) in [6, 6.07) is 5.12. The number of allylic oxidation sites excluding steroid dienone is 3. The number of carbonyl (C=O) groups excluding carboxylic acids is 1. The minimum atomic E-state index is -4.83. The summed E-state index contributed by atoms with van der Waals surface area (Å²) in [5.74, 6) is -0.826. The Morgan fingerprint density at radius 1 is 1.23 bits per heavy atom. The lowest BCUT2D eigenvalue weighted by molar-refractivity contribution is -0.275. The monoisotopic (exact) mass is 437 g/mol. The van der Waals surface area contributed by atoms with Crippen molar-refractivity contribution in [3.05, 3.63) is 77.2 Å². The molecule has 0 spiro atoms. The van der Waals surface area contributed by atoms with Crippen molar-refractivity contribution >= 4 is 5.91 Å². The Hall–Kier alpha value is -3.47. The maximum absolute atomic E-state index is 13.1. The molecule has 2 atom stereocenters. The number of hydrogen-bond donors (Lipinski definition) is 4. The average molecular weight is 437 g/mol. The fourth-order valence-electron chi connectivity index (χ4n) is 3.51. The Morgan fingerprint density at radius 2 is 2.00 bits per heavy atom. The Bertz CT molecular complexity index is 1020. The van der Waals surface area contributed by atoms with E-state index in [1.54, 1.807) is 30.2 Å². The molecule has 1 amide bonds. The summed E-state index contributed by atoms with van der Waals surface area (Å²) < 4.78 is 55.7. The summed E-state index contributed by atoms with van der Waals surface area (Å²) in [6.45, 7) is 1.68. The van der Waals surface area contributed by atoms with Crippen molar-refractivity contribution in [2.24, 2.45) is 0 Å². The van der Waals surface area contributed by atoms with Crippen LogP contribution < -0.4 is 26.1 Å². The maximum Gasteiger partial charge on any atom is 0.573 e. The SMILES string of the molecule is CC1=C(C(=O)NC2=CC=C(F)CN2)N2NC(c3ccccc3OC(F)(F)F)C=CC2N1. The third kappa shape index (κ3) is 4.50. The molecule has 3 aliphatic rings. The van der Waals surface area contributed by atoms with Crippen LogP contribution in [0.4, 0.5) is 17.6 Å². The highest BCUT2D eigenvalue weighted by atomic mass is 19.4. The minimum absolute atomic E-state index is 0.0339. The highest BCUT2D eigenvalue weighted by Gasteiger charge is 2.38. The van der Waals surface area contributed by atoms with Crippen molar-refractivity contribution in [1.82, 2.24) is 26.4 Å². The van der Waals surface area contributed by atoms with Crippen LogP contribution in [0.3, 0.4) is 0 Å². The highest BCUT2D eigenvalue weighted by Crippen LogP contribution is 2.34. The minimum Gasteiger partial charge on any atom is -0.405 e. The number of amides is 1. The molecule has 31 heavy (non-hydrogen) atoms. The van der Waals surface area contributed by atoms with E-state index in [-0.39, 0.29) is 29.4 Å². The largest absolute Gasteiger partial charge is 0.573 e. The number of nitrogens with zero attached hydrogens (tertiary/aromatic N) is 1. The van der Waals surface area contributed by atoms with Crippen LogP contribution in [0.1, 0.15) is 18.5 Å². The quantitative estimate of drug-likeness (QED) is 0.429. The van der Waals surface area contributed by atoms with Gasteiger partial charge in [-0.15, -0.1) is 13.2 Å². The van der Waals surface area contributed by atoms with Gasteiger partial charge in [-0.3, -0.25) is 9.80 Å². The summed E-state index contributed by atoms with van der Waals surface area (Å²) in [4.78, 5) is 12.9. The molecule has 4 rings (SSSR count). The molecule has 0 radical (unpaired) electrons. The standard InChI is InChI=1S/C20H19F4N5O2/c1-11-18(19(30)27-16-8-6-12(21)10-25-16)29-17(26-11)9-7-14(28-29)13-4-2-3-5-15(13)31-20(22,23)24/h2-9,14,17,25-26,28H,10H2,1H3,(H,27,30). The molecule has 164 valence electrons. The van der Waals surface area contributed by atoms with E-state index >= 15 is 0 Å². The van der Waals surface area contributed by atoms with Crippen molar-refractivity contribution in [2.75, 3.05) is 6.54 Å². The first-order chi connectivity index (χ1) is 14.7. The lowest BCUT2D eigenvalue weighted by atomic mass is 10.0. The zero-order valence-electron chi connectivity index (χ0n) is 16.3. The summed E-state index contributed by atoms with van der Waals surface area (Å²) in [5, 5.41) is 10.1. The second-order valence-corrected chi connectivity index (χ2v) is 7.01. The van der Waals surface area contributed by atoms with Gasteiger partial charge >= 0.3 is 6.36 Å². The fraction of sp³-hybridized carbons (Fsp3) is 0.250. The number of ether oxygens (including phenoxy) is 1. The van der Waals surface area contributed by atoms with Crippen LogP contribution in [-0.4, -0.2) is 30.0 Å². The number of alkyl halides is 3. The molecular weight excluding hydrogens is 418 g/mol. The summed E-state index contributed by atoms with van der Waals surface area (Å²) in [7, 11) is 0. The van der Waals surface area contributed by atoms with Crippen molar-refractivity contribution in [3.8, 4) is 5.75 Å². The van der Waals surface area contributed by atoms with E-state index in [4.69, 9.17) is 0 Å². The molecule has 3 aliphatic heterocycles. The van der Waals surface area contributed by atoms with Gasteiger partial charge < -0.3 is 20.7 Å². The first-order valence-electron chi connectivity index (χ1n) is 9.38. The normalized spacial score (nSPS) is 22.8. The van der Waals surface area contributed by atoms with E-state index in [2.05, 4.69) is 26.1 Å². The topological polar surface area (TPSA) is 77.7 Å². The Balaban J connectivity index is 1.55. The fourth-order valence-corrected chi connectivity index (χ4v) is 3.51. The van der Waals surface area contributed by atoms with Gasteiger partial charge in [0.2, 0.25) is 0 Å². The molecule has 11 heteroatoms. The summed E-state index contributed by atoms with van der Waals surface area (Å²) >= 11 is 0. The van der Waals surface area contributed by atoms with Crippen LogP contribution >= 0.6 is 0 Å². The van der Waals surface area contributed by atoms with Gasteiger partial charge in [-0.2, -0.15) is 0 Å². The van der Waals surface area contributed by atoms with E-state index in [0.717, 1.165) is 0 Å². The van der Waals surface area contributed by atoms with E-state index in [0.29, 0.717) is 11.5 Å². The number of dihydropyridines is 1. The van der Waals surface area contributed by atoms with Gasteiger partial charge in [0.15, 0.2) is 0 Å². The van der Waals surface area contributed by atoms with Gasteiger partial charge in [0, 0.05) is 11.3 Å². The number of benzene rings is 1. The first-order valence-corrected chi connectivity index (χ1v) is 9.38. The van der Waals surface area contributed by atoms with Crippen molar-refractivity contribution in [1.29, 1.82) is 0 Å². The molecule has 0 saturated heterocycles. The molecule has 2 unspecified atom stereocenters. The van der Waals surface area contributed by atoms with Crippen molar-refractivity contribution in [2.45, 2.75) is 25.5 Å². The van der Waals surface area contributed by atoms with Gasteiger partial charge in [0.05, 0.1) is 12.6 Å². The third-order valence-corrected chi connectivity index (χ3v) is 4.82. The second-order valence-electron chi connectivity index (χ2n) is 7.01. The number of rotatable bonds is 4. The summed E-state index contributed by atoms with van der Waals surface area (Å²) in [6.07, 6.45) is 0.855. The number of para-hydroxylation sites is 1. The van der Waals surface area contributed by atoms with E-state index in [1.807, 2.05) is 0 Å². The average Bonchev–Trinajstić information content (AvgIpc) is 3.04. The summed E-state index contributed by atoms with van der Waals surface area (Å²) in [5.41, 5.74) is 4.15. The molecule has 0 aromatic heterocycles. The third-order valence-electron chi connectivity index (χ3n) is 4.82. The van der Waals surface area contributed by atoms with Gasteiger partial charge in [0.1, 0.15) is 29.3 Å². The molecule has 0 saturated carbocycles. The van der Waals surface area contributed by atoms with Gasteiger partial charge in [-0.1, -0.05) is 24.3 Å². The highest BCUT2D eigenvalue weighted by molar-refractivity contribution is 5.95. The smallest absolute Gasteiger partial charge is 0.405 e. The number of fused-ring (bicyclic) bond motifs is 1. The molecule has 1 aromatic rings. The molecular formula is C20H19F4N5O2. The predicted molar refractivity (Wildman–Crippen MR) is 103 cm³/mol. The lowest BCUT2D eigenvalue weighted by Crippen LogP contribution is -2.51. The van der Waals surface area contributed by atoms with Crippen LogP contribution in [0.25, 0.3) is 0 Å². The van der Waals surface area contributed by atoms with Gasteiger partial charge in [-0.05, 0) is 31.2 Å². The van der Waals surface area contributed by atoms with Crippen molar-refractivity contribution < 1.29 is 27.1 Å². The molecule has 4 N–H and O–H groups in total. The number of carbonyl (C=O) groups is 1. The number of hydrazine groups is 1. The van der Waals surface area contributed by atoms with E-state index in [1.165, 1.54) is 30.4 Å².